The molecule has 2 saturated heterocycles. The summed E-state index contributed by atoms with van der Waals surface area (Å²) in [4.78, 5) is 0. The van der Waals surface area contributed by atoms with Crippen molar-refractivity contribution in [3.05, 3.63) is 52.4 Å². The van der Waals surface area contributed by atoms with Crippen LogP contribution in [0.2, 0.25) is 0 Å². The quantitative estimate of drug-likeness (QED) is 0.211. The monoisotopic (exact) mass is 444 g/mol. The predicted octanol–water partition coefficient (Wildman–Crippen LogP) is 3.79. The van der Waals surface area contributed by atoms with Gasteiger partial charge in [0, 0.05) is 5.57 Å². The van der Waals surface area contributed by atoms with Crippen LogP contribution in [-0.2, 0) is 18.9 Å². The number of epoxide rings is 2. The fraction of sp³-hybridized carbons (Fsp3) is 0.444. The maximum atomic E-state index is 15.0. The number of ether oxygens (including phenoxy) is 4. The number of halogens is 8. The summed E-state index contributed by atoms with van der Waals surface area (Å²) in [6.07, 6.45) is -4.09. The minimum atomic E-state index is -3.12. The van der Waals surface area contributed by atoms with E-state index in [9.17, 15) is 30.7 Å². The lowest BCUT2D eigenvalue weighted by Crippen LogP contribution is -2.49. The van der Waals surface area contributed by atoms with Crippen molar-refractivity contribution in [2.45, 2.75) is 24.2 Å². The van der Waals surface area contributed by atoms with Gasteiger partial charge in [0.25, 0.3) is 5.79 Å². The molecule has 3 atom stereocenters. The zero-order valence-electron chi connectivity index (χ0n) is 14.8. The molecule has 4 rings (SSSR count). The highest BCUT2D eigenvalue weighted by Gasteiger charge is 2.54. The van der Waals surface area contributed by atoms with Gasteiger partial charge in [0.1, 0.15) is 18.0 Å². The van der Waals surface area contributed by atoms with E-state index >= 15 is 4.39 Å². The molecule has 1 aromatic rings. The molecule has 3 unspecified atom stereocenters. The van der Waals surface area contributed by atoms with Gasteiger partial charge < -0.3 is 18.9 Å². The van der Waals surface area contributed by atoms with Crippen LogP contribution in [0.5, 0.6) is 0 Å². The summed E-state index contributed by atoms with van der Waals surface area (Å²) < 4.78 is 133. The SMILES string of the molecule is FC1=CC(c2c(F)c(F)c(F)c(F)c2F)=C(F)C(F)C1(OCC1CO1)OCC1CO1. The number of allylic oxidation sites excluding steroid dienone is 2. The first-order valence-electron chi connectivity index (χ1n) is 8.61. The molecule has 1 aliphatic carbocycles. The van der Waals surface area contributed by atoms with Gasteiger partial charge in [0.2, 0.25) is 12.0 Å². The highest BCUT2D eigenvalue weighted by molar-refractivity contribution is 5.79. The largest absolute Gasteiger partial charge is 0.371 e. The molecule has 0 amide bonds. The molecule has 12 heteroatoms. The highest BCUT2D eigenvalue weighted by atomic mass is 19.2. The number of rotatable bonds is 7. The van der Waals surface area contributed by atoms with Gasteiger partial charge in [-0.15, -0.1) is 0 Å². The van der Waals surface area contributed by atoms with E-state index in [1.165, 1.54) is 0 Å². The molecular weight excluding hydrogens is 432 g/mol. The molecule has 0 aromatic heterocycles. The molecule has 0 N–H and O–H groups in total. The third-order valence-corrected chi connectivity index (χ3v) is 4.67. The van der Waals surface area contributed by atoms with Crippen LogP contribution in [0.15, 0.2) is 17.7 Å². The van der Waals surface area contributed by atoms with Crippen molar-refractivity contribution in [1.82, 2.24) is 0 Å². The van der Waals surface area contributed by atoms with E-state index in [0.29, 0.717) is 0 Å². The lowest BCUT2D eigenvalue weighted by Gasteiger charge is -2.37. The van der Waals surface area contributed by atoms with Crippen molar-refractivity contribution in [3.63, 3.8) is 0 Å². The summed E-state index contributed by atoms with van der Waals surface area (Å²) >= 11 is 0. The summed E-state index contributed by atoms with van der Waals surface area (Å²) in [6.45, 7) is -0.368. The first kappa shape index (κ1) is 21.2. The molecule has 0 saturated carbocycles. The molecule has 2 fully saturated rings. The molecule has 0 radical (unpaired) electrons. The van der Waals surface area contributed by atoms with E-state index in [1.54, 1.807) is 0 Å². The second-order valence-electron chi connectivity index (χ2n) is 6.76. The topological polar surface area (TPSA) is 43.5 Å². The molecule has 0 spiro atoms. The van der Waals surface area contributed by atoms with Gasteiger partial charge >= 0.3 is 0 Å². The van der Waals surface area contributed by atoms with E-state index in [1.807, 2.05) is 0 Å². The highest BCUT2D eigenvalue weighted by Crippen LogP contribution is 2.45. The molecule has 164 valence electrons. The average molecular weight is 444 g/mol. The summed E-state index contributed by atoms with van der Waals surface area (Å²) in [5.74, 6) is -18.9. The first-order chi connectivity index (χ1) is 14.2. The van der Waals surface area contributed by atoms with Crippen LogP contribution in [0, 0.1) is 29.1 Å². The van der Waals surface area contributed by atoms with E-state index in [2.05, 4.69) is 0 Å². The fourth-order valence-corrected chi connectivity index (χ4v) is 2.84. The van der Waals surface area contributed by atoms with Crippen molar-refractivity contribution < 1.29 is 54.1 Å². The van der Waals surface area contributed by atoms with Crippen molar-refractivity contribution in [3.8, 4) is 0 Å². The van der Waals surface area contributed by atoms with E-state index < -0.39 is 89.3 Å². The molecule has 3 aliphatic rings. The van der Waals surface area contributed by atoms with E-state index in [-0.39, 0.29) is 19.3 Å². The molecule has 30 heavy (non-hydrogen) atoms. The van der Waals surface area contributed by atoms with Gasteiger partial charge in [0.05, 0.1) is 32.0 Å². The Morgan fingerprint density at radius 2 is 1.23 bits per heavy atom. The van der Waals surface area contributed by atoms with Crippen molar-refractivity contribution >= 4 is 5.57 Å². The number of hydrogen-bond donors (Lipinski definition) is 0. The molecule has 0 bridgehead atoms. The molecule has 4 nitrogen and oxygen atoms in total. The van der Waals surface area contributed by atoms with Crippen molar-refractivity contribution in [1.29, 1.82) is 0 Å². The Morgan fingerprint density at radius 1 is 0.800 bits per heavy atom. The standard InChI is InChI=1S/C18H12F8O4/c19-9-1-8(10-12(21)14(23)16(25)15(24)13(10)22)11(20)17(26)18(9,29-4-6-2-27-6)30-5-7-3-28-7/h1,6-7,17H,2-5H2. The van der Waals surface area contributed by atoms with Gasteiger partial charge in [-0.1, -0.05) is 0 Å². The van der Waals surface area contributed by atoms with Crippen LogP contribution in [-0.4, -0.2) is 50.6 Å². The maximum Gasteiger partial charge on any atom is 0.261 e. The number of hydrogen-bond acceptors (Lipinski definition) is 4. The lowest BCUT2D eigenvalue weighted by atomic mass is 9.91. The van der Waals surface area contributed by atoms with Gasteiger partial charge in [-0.25, -0.2) is 35.1 Å². The first-order valence-corrected chi connectivity index (χ1v) is 8.61. The van der Waals surface area contributed by atoms with Crippen LogP contribution in [0.4, 0.5) is 35.1 Å². The van der Waals surface area contributed by atoms with Crippen LogP contribution in [0.25, 0.3) is 5.57 Å². The minimum absolute atomic E-state index is 0.0746. The zero-order valence-corrected chi connectivity index (χ0v) is 14.8. The summed E-state index contributed by atoms with van der Waals surface area (Å²) in [6, 6.07) is 0. The normalized spacial score (nSPS) is 30.5. The lowest BCUT2D eigenvalue weighted by molar-refractivity contribution is -0.253. The second-order valence-corrected chi connectivity index (χ2v) is 6.76. The van der Waals surface area contributed by atoms with Crippen LogP contribution in [0.3, 0.4) is 0 Å². The summed E-state index contributed by atoms with van der Waals surface area (Å²) in [7, 11) is 0. The predicted molar refractivity (Wildman–Crippen MR) is 82.5 cm³/mol. The van der Waals surface area contributed by atoms with Crippen LogP contribution in [0.1, 0.15) is 5.56 Å². The minimum Gasteiger partial charge on any atom is -0.371 e. The van der Waals surface area contributed by atoms with Crippen LogP contribution < -0.4 is 0 Å². The summed E-state index contributed by atoms with van der Waals surface area (Å²) in [5.41, 5.74) is -3.31. The Morgan fingerprint density at radius 3 is 1.67 bits per heavy atom. The average Bonchev–Trinajstić information content (AvgIpc) is 3.63. The Labute approximate surface area is 163 Å². The zero-order chi connectivity index (χ0) is 21.8. The Hall–Kier alpha value is -2.02. The fourth-order valence-electron chi connectivity index (χ4n) is 2.84. The second kappa shape index (κ2) is 7.59. The van der Waals surface area contributed by atoms with E-state index in [0.717, 1.165) is 0 Å². The van der Waals surface area contributed by atoms with Gasteiger partial charge in [-0.3, -0.25) is 0 Å². The molecule has 1 aromatic carbocycles. The van der Waals surface area contributed by atoms with Gasteiger partial charge in [0.15, 0.2) is 29.1 Å². The van der Waals surface area contributed by atoms with Crippen molar-refractivity contribution in [2.75, 3.05) is 26.4 Å². The van der Waals surface area contributed by atoms with Crippen LogP contribution >= 0.6 is 0 Å². The number of benzene rings is 1. The Bertz CT molecular complexity index is 894. The molecule has 2 aliphatic heterocycles. The molecular formula is C18H12F8O4. The van der Waals surface area contributed by atoms with Gasteiger partial charge in [-0.05, 0) is 6.08 Å². The van der Waals surface area contributed by atoms with Gasteiger partial charge in [-0.2, -0.15) is 0 Å². The Balaban J connectivity index is 1.76. The third-order valence-electron chi connectivity index (χ3n) is 4.67. The molecule has 2 heterocycles. The third kappa shape index (κ3) is 3.51. The smallest absolute Gasteiger partial charge is 0.261 e. The number of alkyl halides is 1. The Kier molecular flexibility index (Phi) is 5.37. The van der Waals surface area contributed by atoms with Crippen molar-refractivity contribution in [2.24, 2.45) is 0 Å². The summed E-state index contributed by atoms with van der Waals surface area (Å²) in [5, 5.41) is 0. The van der Waals surface area contributed by atoms with E-state index in [4.69, 9.17) is 18.9 Å². The maximum absolute atomic E-state index is 15.0.